The molecule has 1 N–H and O–H groups in total. The quantitative estimate of drug-likeness (QED) is 0.744. The number of aromatic nitrogens is 2. The molecule has 1 amide bonds. The maximum absolute atomic E-state index is 12.7. The number of hydrogen-bond donors (Lipinski definition) is 1. The van der Waals surface area contributed by atoms with E-state index in [4.69, 9.17) is 19.1 Å². The number of amides is 1. The van der Waals surface area contributed by atoms with E-state index in [1.165, 1.54) is 4.90 Å². The predicted molar refractivity (Wildman–Crippen MR) is 94.6 cm³/mol. The summed E-state index contributed by atoms with van der Waals surface area (Å²) in [6, 6.07) is 3.32. The van der Waals surface area contributed by atoms with Crippen LogP contribution in [0.3, 0.4) is 0 Å². The third-order valence-corrected chi connectivity index (χ3v) is 3.97. The number of hydrogen-bond acceptors (Lipinski definition) is 7. The van der Waals surface area contributed by atoms with Crippen molar-refractivity contribution in [1.82, 2.24) is 15.0 Å². The summed E-state index contributed by atoms with van der Waals surface area (Å²) in [6.07, 6.45) is -0.299. The van der Waals surface area contributed by atoms with Gasteiger partial charge in [-0.2, -0.15) is 4.98 Å². The summed E-state index contributed by atoms with van der Waals surface area (Å²) in [5, 5.41) is 12.6. The summed E-state index contributed by atoms with van der Waals surface area (Å²) in [4.78, 5) is 29.1. The molecular weight excluding hydrogens is 354 g/mol. The van der Waals surface area contributed by atoms with Crippen molar-refractivity contribution in [1.29, 1.82) is 0 Å². The highest BCUT2D eigenvalue weighted by Crippen LogP contribution is 2.25. The molecule has 0 aliphatic carbocycles. The second-order valence-corrected chi connectivity index (χ2v) is 6.21. The van der Waals surface area contributed by atoms with Crippen molar-refractivity contribution in [3.63, 3.8) is 0 Å². The van der Waals surface area contributed by atoms with Crippen LogP contribution >= 0.6 is 0 Å². The molecule has 9 heteroatoms. The number of nitrogens with zero attached hydrogens (tertiary/aromatic N) is 3. The largest absolute Gasteiger partial charge is 0.481 e. The molecule has 27 heavy (non-hydrogen) atoms. The summed E-state index contributed by atoms with van der Waals surface area (Å²) in [5.74, 6) is -0.104. The minimum absolute atomic E-state index is 0.150. The van der Waals surface area contributed by atoms with E-state index < -0.39 is 12.6 Å². The molecule has 0 saturated carbocycles. The van der Waals surface area contributed by atoms with Crippen LogP contribution in [-0.2, 0) is 16.1 Å². The van der Waals surface area contributed by atoms with Crippen molar-refractivity contribution in [2.75, 3.05) is 20.8 Å². The zero-order valence-corrected chi connectivity index (χ0v) is 16.0. The number of carboxylic acid groups (broad SMARTS) is 1. The number of carbonyl (C=O) groups excluding carboxylic acids is 1. The van der Waals surface area contributed by atoms with E-state index in [1.54, 1.807) is 47.1 Å². The maximum Gasteiger partial charge on any atom is 0.341 e. The molecular formula is C18H23N3O6. The van der Waals surface area contributed by atoms with Crippen molar-refractivity contribution in [3.05, 3.63) is 40.5 Å². The average molecular weight is 377 g/mol. The van der Waals surface area contributed by atoms with Crippen LogP contribution in [-0.4, -0.2) is 52.8 Å². The van der Waals surface area contributed by atoms with Crippen LogP contribution in [0.5, 0.6) is 5.75 Å². The van der Waals surface area contributed by atoms with Crippen LogP contribution in [0.4, 0.5) is 0 Å². The summed E-state index contributed by atoms with van der Waals surface area (Å²) < 4.78 is 15.6. The first-order valence-corrected chi connectivity index (χ1v) is 8.29. The number of aliphatic carboxylic acids is 1. The highest BCUT2D eigenvalue weighted by atomic mass is 16.5. The number of aryl methyl sites for hydroxylation is 2. The second-order valence-electron chi connectivity index (χ2n) is 6.21. The SMILES string of the molecule is COC(C)c1noc(CN(C)C(=O)c2cc(C)c(OCC(=O)O)c(C)c2)n1. The Bertz CT molecular complexity index is 809. The monoisotopic (exact) mass is 377 g/mol. The van der Waals surface area contributed by atoms with Crippen LogP contribution in [0.1, 0.15) is 46.2 Å². The predicted octanol–water partition coefficient (Wildman–Crippen LogP) is 2.13. The fourth-order valence-corrected chi connectivity index (χ4v) is 2.53. The number of methoxy groups -OCH3 is 1. The lowest BCUT2D eigenvalue weighted by Gasteiger charge is -2.17. The molecule has 146 valence electrons. The van der Waals surface area contributed by atoms with E-state index in [0.29, 0.717) is 34.2 Å². The Morgan fingerprint density at radius 2 is 1.93 bits per heavy atom. The molecule has 1 atom stereocenters. The molecule has 0 saturated heterocycles. The number of benzene rings is 1. The summed E-state index contributed by atoms with van der Waals surface area (Å²) in [7, 11) is 3.18. The molecule has 1 aromatic carbocycles. The van der Waals surface area contributed by atoms with Gasteiger partial charge in [0.2, 0.25) is 5.89 Å². The summed E-state index contributed by atoms with van der Waals surface area (Å²) in [5.41, 5.74) is 1.82. The van der Waals surface area contributed by atoms with Gasteiger partial charge in [0.15, 0.2) is 12.4 Å². The first-order valence-electron chi connectivity index (χ1n) is 8.29. The molecule has 2 rings (SSSR count). The Morgan fingerprint density at radius 3 is 2.48 bits per heavy atom. The Morgan fingerprint density at radius 1 is 1.30 bits per heavy atom. The Balaban J connectivity index is 2.12. The van der Waals surface area contributed by atoms with Crippen molar-refractivity contribution >= 4 is 11.9 Å². The molecule has 0 fully saturated rings. The van der Waals surface area contributed by atoms with Crippen molar-refractivity contribution in [2.24, 2.45) is 0 Å². The number of ether oxygens (including phenoxy) is 2. The van der Waals surface area contributed by atoms with E-state index >= 15 is 0 Å². The molecule has 0 spiro atoms. The molecule has 2 aromatic rings. The maximum atomic E-state index is 12.7. The van der Waals surface area contributed by atoms with Crippen molar-refractivity contribution in [3.8, 4) is 5.75 Å². The molecule has 1 aromatic heterocycles. The van der Waals surface area contributed by atoms with Gasteiger partial charge >= 0.3 is 5.97 Å². The Labute approximate surface area is 156 Å². The molecule has 1 heterocycles. The van der Waals surface area contributed by atoms with E-state index in [-0.39, 0.29) is 18.6 Å². The van der Waals surface area contributed by atoms with Gasteiger partial charge in [0, 0.05) is 19.7 Å². The molecule has 0 bridgehead atoms. The highest BCUT2D eigenvalue weighted by Gasteiger charge is 2.19. The van der Waals surface area contributed by atoms with Crippen molar-refractivity contribution in [2.45, 2.75) is 33.4 Å². The fraction of sp³-hybridized carbons (Fsp3) is 0.444. The Hall–Kier alpha value is -2.94. The molecule has 9 nitrogen and oxygen atoms in total. The van der Waals surface area contributed by atoms with Gasteiger partial charge in [-0.3, -0.25) is 4.79 Å². The van der Waals surface area contributed by atoms with Crippen LogP contribution in [0.2, 0.25) is 0 Å². The Kier molecular flexibility index (Phi) is 6.51. The van der Waals surface area contributed by atoms with Gasteiger partial charge < -0.3 is 24.0 Å². The third kappa shape index (κ3) is 5.04. The normalized spacial score (nSPS) is 11.9. The van der Waals surface area contributed by atoms with E-state index in [1.807, 2.05) is 0 Å². The lowest BCUT2D eigenvalue weighted by molar-refractivity contribution is -0.139. The topological polar surface area (TPSA) is 115 Å². The lowest BCUT2D eigenvalue weighted by atomic mass is 10.0. The smallest absolute Gasteiger partial charge is 0.341 e. The van der Waals surface area contributed by atoms with Gasteiger partial charge in [-0.25, -0.2) is 4.79 Å². The highest BCUT2D eigenvalue weighted by molar-refractivity contribution is 5.94. The molecule has 1 unspecified atom stereocenters. The van der Waals surface area contributed by atoms with Gasteiger partial charge in [0.25, 0.3) is 5.91 Å². The van der Waals surface area contributed by atoms with E-state index in [9.17, 15) is 9.59 Å². The number of carbonyl (C=O) groups is 2. The van der Waals surface area contributed by atoms with Gasteiger partial charge in [0.1, 0.15) is 11.9 Å². The first kappa shape index (κ1) is 20.4. The molecule has 0 aliphatic rings. The summed E-state index contributed by atoms with van der Waals surface area (Å²) in [6.45, 7) is 5.03. The van der Waals surface area contributed by atoms with Crippen molar-refractivity contribution < 1.29 is 28.7 Å². The van der Waals surface area contributed by atoms with E-state index in [0.717, 1.165) is 0 Å². The van der Waals surface area contributed by atoms with Gasteiger partial charge in [-0.1, -0.05) is 5.16 Å². The van der Waals surface area contributed by atoms with Gasteiger partial charge in [-0.15, -0.1) is 0 Å². The minimum atomic E-state index is -1.06. The van der Waals surface area contributed by atoms with Crippen LogP contribution < -0.4 is 4.74 Å². The standard InChI is InChI=1S/C18H23N3O6/c1-10-6-13(7-11(2)16(10)26-9-15(22)23)18(24)21(4)8-14-19-17(20-27-14)12(3)25-5/h6-7,12H,8-9H2,1-5H3,(H,22,23). The first-order chi connectivity index (χ1) is 12.7. The minimum Gasteiger partial charge on any atom is -0.481 e. The average Bonchev–Trinajstić information content (AvgIpc) is 3.07. The summed E-state index contributed by atoms with van der Waals surface area (Å²) >= 11 is 0. The fourth-order valence-electron chi connectivity index (χ4n) is 2.53. The zero-order valence-electron chi connectivity index (χ0n) is 16.0. The number of carboxylic acids is 1. The second kappa shape index (κ2) is 8.63. The molecule has 0 radical (unpaired) electrons. The number of rotatable bonds is 8. The lowest BCUT2D eigenvalue weighted by Crippen LogP contribution is -2.26. The van der Waals surface area contributed by atoms with Crippen LogP contribution in [0.15, 0.2) is 16.7 Å². The van der Waals surface area contributed by atoms with Gasteiger partial charge in [-0.05, 0) is 44.0 Å². The van der Waals surface area contributed by atoms with Crippen LogP contribution in [0, 0.1) is 13.8 Å². The van der Waals surface area contributed by atoms with Gasteiger partial charge in [0.05, 0.1) is 6.54 Å². The third-order valence-electron chi connectivity index (χ3n) is 3.97. The zero-order chi connectivity index (χ0) is 20.1. The van der Waals surface area contributed by atoms with Crippen LogP contribution in [0.25, 0.3) is 0 Å². The van der Waals surface area contributed by atoms with E-state index in [2.05, 4.69) is 10.1 Å². The molecule has 0 aliphatic heterocycles.